The van der Waals surface area contributed by atoms with Crippen LogP contribution >= 0.6 is 0 Å². The van der Waals surface area contributed by atoms with Gasteiger partial charge in [0.2, 0.25) is 5.91 Å². The zero-order chi connectivity index (χ0) is 16.4. The lowest BCUT2D eigenvalue weighted by Crippen LogP contribution is -2.43. The van der Waals surface area contributed by atoms with Gasteiger partial charge in [0.25, 0.3) is 0 Å². The molecule has 0 bridgehead atoms. The van der Waals surface area contributed by atoms with E-state index in [2.05, 4.69) is 31.5 Å². The van der Waals surface area contributed by atoms with Crippen LogP contribution in [-0.2, 0) is 11.3 Å². The number of nitrogens with one attached hydrogen (secondary N) is 2. The number of aromatic amines is 1. The van der Waals surface area contributed by atoms with Crippen molar-refractivity contribution >= 4 is 11.7 Å². The standard InChI is InChI=1S/C18H23N5O/c24-18(20-11-15-10-16(22-21-15)13-6-7-13)14-4-3-9-23(12-14)17-5-1-2-8-19-17/h1-2,5,8,10,13-14H,3-4,6-7,9,11-12H2,(H,20,24)(H,21,22)/t14-/m1/s1. The van der Waals surface area contributed by atoms with Crippen LogP contribution in [0.1, 0.15) is 43.0 Å². The van der Waals surface area contributed by atoms with Crippen molar-refractivity contribution in [3.8, 4) is 0 Å². The molecular weight excluding hydrogens is 302 g/mol. The number of pyridine rings is 1. The van der Waals surface area contributed by atoms with Gasteiger partial charge in [0.05, 0.1) is 23.9 Å². The molecule has 2 N–H and O–H groups in total. The van der Waals surface area contributed by atoms with Gasteiger partial charge in [-0.2, -0.15) is 5.10 Å². The lowest BCUT2D eigenvalue weighted by molar-refractivity contribution is -0.125. The van der Waals surface area contributed by atoms with Crippen molar-refractivity contribution < 1.29 is 4.79 Å². The van der Waals surface area contributed by atoms with E-state index in [1.165, 1.54) is 12.8 Å². The normalized spacial score (nSPS) is 20.8. The van der Waals surface area contributed by atoms with Gasteiger partial charge in [0, 0.05) is 25.2 Å². The summed E-state index contributed by atoms with van der Waals surface area (Å²) in [6.45, 7) is 2.23. The third kappa shape index (κ3) is 3.42. The smallest absolute Gasteiger partial charge is 0.225 e. The van der Waals surface area contributed by atoms with Crippen molar-refractivity contribution in [2.24, 2.45) is 5.92 Å². The summed E-state index contributed by atoms with van der Waals surface area (Å²) in [5, 5.41) is 10.4. The van der Waals surface area contributed by atoms with Gasteiger partial charge in [-0.05, 0) is 43.9 Å². The Labute approximate surface area is 141 Å². The SMILES string of the molecule is O=C(NCc1cc(C2CC2)n[nH]1)[C@@H]1CCCN(c2ccccn2)C1. The topological polar surface area (TPSA) is 73.9 Å². The van der Waals surface area contributed by atoms with Gasteiger partial charge in [-0.1, -0.05) is 6.07 Å². The number of aromatic nitrogens is 3. The first-order chi connectivity index (χ1) is 11.8. The molecule has 4 rings (SSSR count). The first-order valence-electron chi connectivity index (χ1n) is 8.77. The molecule has 6 nitrogen and oxygen atoms in total. The van der Waals surface area contributed by atoms with Crippen molar-refractivity contribution in [2.45, 2.75) is 38.1 Å². The molecule has 1 aliphatic heterocycles. The highest BCUT2D eigenvalue weighted by molar-refractivity contribution is 5.79. The molecule has 1 saturated heterocycles. The van der Waals surface area contributed by atoms with Gasteiger partial charge in [0.1, 0.15) is 5.82 Å². The van der Waals surface area contributed by atoms with Crippen molar-refractivity contribution in [3.05, 3.63) is 41.9 Å². The van der Waals surface area contributed by atoms with Gasteiger partial charge in [-0.15, -0.1) is 0 Å². The van der Waals surface area contributed by atoms with Crippen LogP contribution in [0.15, 0.2) is 30.5 Å². The highest BCUT2D eigenvalue weighted by atomic mass is 16.1. The molecule has 24 heavy (non-hydrogen) atoms. The summed E-state index contributed by atoms with van der Waals surface area (Å²) in [7, 11) is 0. The van der Waals surface area contributed by atoms with Gasteiger partial charge in [-0.25, -0.2) is 4.98 Å². The second-order valence-electron chi connectivity index (χ2n) is 6.78. The minimum Gasteiger partial charge on any atom is -0.356 e. The summed E-state index contributed by atoms with van der Waals surface area (Å²) in [5.74, 6) is 1.73. The quantitative estimate of drug-likeness (QED) is 0.884. The van der Waals surface area contributed by atoms with E-state index in [0.717, 1.165) is 43.1 Å². The number of carbonyl (C=O) groups is 1. The third-order valence-electron chi connectivity index (χ3n) is 4.86. The number of nitrogens with zero attached hydrogens (tertiary/aromatic N) is 3. The number of H-pyrrole nitrogens is 1. The first kappa shape index (κ1) is 15.2. The average molecular weight is 325 g/mol. The Morgan fingerprint density at radius 3 is 3.04 bits per heavy atom. The molecule has 1 amide bonds. The molecule has 0 unspecified atom stereocenters. The predicted octanol–water partition coefficient (Wildman–Crippen LogP) is 2.21. The van der Waals surface area contributed by atoms with Crippen molar-refractivity contribution in [1.82, 2.24) is 20.5 Å². The van der Waals surface area contributed by atoms with Gasteiger partial charge < -0.3 is 10.2 Å². The summed E-state index contributed by atoms with van der Waals surface area (Å²) in [4.78, 5) is 19.1. The highest BCUT2D eigenvalue weighted by Gasteiger charge is 2.27. The molecule has 3 heterocycles. The second kappa shape index (κ2) is 6.63. The monoisotopic (exact) mass is 325 g/mol. The van der Waals surface area contributed by atoms with Crippen LogP contribution in [-0.4, -0.2) is 34.2 Å². The van der Waals surface area contributed by atoms with Crippen LogP contribution in [0.5, 0.6) is 0 Å². The van der Waals surface area contributed by atoms with Crippen molar-refractivity contribution in [1.29, 1.82) is 0 Å². The summed E-state index contributed by atoms with van der Waals surface area (Å²) in [5.41, 5.74) is 2.13. The first-order valence-corrected chi connectivity index (χ1v) is 8.77. The summed E-state index contributed by atoms with van der Waals surface area (Å²) in [6, 6.07) is 7.99. The van der Waals surface area contributed by atoms with Crippen molar-refractivity contribution in [2.75, 3.05) is 18.0 Å². The Bertz CT molecular complexity index is 694. The third-order valence-corrected chi connectivity index (χ3v) is 4.86. The lowest BCUT2D eigenvalue weighted by atomic mass is 9.97. The molecule has 0 aromatic carbocycles. The molecule has 0 radical (unpaired) electrons. The van der Waals surface area contributed by atoms with E-state index in [1.54, 1.807) is 6.20 Å². The summed E-state index contributed by atoms with van der Waals surface area (Å²) in [6.07, 6.45) is 6.23. The number of carbonyl (C=O) groups excluding carboxylic acids is 1. The minimum atomic E-state index is 0.0200. The lowest BCUT2D eigenvalue weighted by Gasteiger charge is -2.32. The fourth-order valence-corrected chi connectivity index (χ4v) is 3.32. The zero-order valence-electron chi connectivity index (χ0n) is 13.7. The van der Waals surface area contributed by atoms with E-state index < -0.39 is 0 Å². The fourth-order valence-electron chi connectivity index (χ4n) is 3.32. The van der Waals surface area contributed by atoms with Crippen LogP contribution in [0, 0.1) is 5.92 Å². The van der Waals surface area contributed by atoms with Gasteiger partial charge >= 0.3 is 0 Å². The zero-order valence-corrected chi connectivity index (χ0v) is 13.7. The maximum atomic E-state index is 12.5. The maximum absolute atomic E-state index is 12.5. The molecule has 2 aliphatic rings. The Hall–Kier alpha value is -2.37. The van der Waals surface area contributed by atoms with E-state index in [9.17, 15) is 4.79 Å². The summed E-state index contributed by atoms with van der Waals surface area (Å²) < 4.78 is 0. The molecule has 1 saturated carbocycles. The van der Waals surface area contributed by atoms with E-state index in [4.69, 9.17) is 0 Å². The van der Waals surface area contributed by atoms with Crippen molar-refractivity contribution in [3.63, 3.8) is 0 Å². The van der Waals surface area contributed by atoms with E-state index in [0.29, 0.717) is 12.5 Å². The highest BCUT2D eigenvalue weighted by Crippen LogP contribution is 2.38. The minimum absolute atomic E-state index is 0.0200. The van der Waals surface area contributed by atoms with Gasteiger partial charge in [-0.3, -0.25) is 9.89 Å². The molecule has 6 heteroatoms. The largest absolute Gasteiger partial charge is 0.356 e. The second-order valence-corrected chi connectivity index (χ2v) is 6.78. The average Bonchev–Trinajstić information content (AvgIpc) is 3.39. The van der Waals surface area contributed by atoms with E-state index >= 15 is 0 Å². The number of anilines is 1. The molecule has 2 fully saturated rings. The predicted molar refractivity (Wildman–Crippen MR) is 91.6 cm³/mol. The molecule has 1 aliphatic carbocycles. The van der Waals surface area contributed by atoms with E-state index in [-0.39, 0.29) is 11.8 Å². The number of rotatable bonds is 5. The van der Waals surface area contributed by atoms with Crippen LogP contribution in [0.4, 0.5) is 5.82 Å². The Balaban J connectivity index is 1.31. The van der Waals surface area contributed by atoms with E-state index in [1.807, 2.05) is 18.2 Å². The number of hydrogen-bond acceptors (Lipinski definition) is 4. The fraction of sp³-hybridized carbons (Fsp3) is 0.500. The molecular formula is C18H23N5O. The van der Waals surface area contributed by atoms with Crippen LogP contribution in [0.25, 0.3) is 0 Å². The maximum Gasteiger partial charge on any atom is 0.225 e. The van der Waals surface area contributed by atoms with Crippen LogP contribution < -0.4 is 10.2 Å². The molecule has 126 valence electrons. The van der Waals surface area contributed by atoms with Crippen LogP contribution in [0.2, 0.25) is 0 Å². The molecule has 0 spiro atoms. The number of amides is 1. The molecule has 1 atom stereocenters. The van der Waals surface area contributed by atoms with Crippen LogP contribution in [0.3, 0.4) is 0 Å². The summed E-state index contributed by atoms with van der Waals surface area (Å²) >= 11 is 0. The Morgan fingerprint density at radius 1 is 1.33 bits per heavy atom. The molecule has 2 aromatic heterocycles. The number of piperidine rings is 1. The Kier molecular flexibility index (Phi) is 4.19. The Morgan fingerprint density at radius 2 is 2.25 bits per heavy atom. The number of hydrogen-bond donors (Lipinski definition) is 2. The van der Waals surface area contributed by atoms with Gasteiger partial charge in [0.15, 0.2) is 0 Å². The molecule has 2 aromatic rings.